The number of thiazole rings is 1. The van der Waals surface area contributed by atoms with Gasteiger partial charge in [-0.15, -0.1) is 0 Å². The maximum atomic E-state index is 11.5. The fourth-order valence-electron chi connectivity index (χ4n) is 2.92. The summed E-state index contributed by atoms with van der Waals surface area (Å²) >= 11 is 1.25. The predicted molar refractivity (Wildman–Crippen MR) is 93.7 cm³/mol. The summed E-state index contributed by atoms with van der Waals surface area (Å²) in [5.74, 6) is -0.754. The first-order chi connectivity index (χ1) is 10.9. The Kier molecular flexibility index (Phi) is 3.98. The van der Waals surface area contributed by atoms with Gasteiger partial charge in [-0.05, 0) is 24.8 Å². The van der Waals surface area contributed by atoms with E-state index in [1.54, 1.807) is 0 Å². The standard InChI is InChI=1S/C18H20N2O2S/c1-5-12-6-8-13(9-7-12)14-11(4)20-15(10(2)3)16(17(21)22)23-18(20)19-14/h6-10H,5H2,1-4H3,(H,21,22). The molecule has 0 saturated carbocycles. The zero-order valence-electron chi connectivity index (χ0n) is 13.8. The second-order valence-electron chi connectivity index (χ2n) is 5.99. The molecule has 23 heavy (non-hydrogen) atoms. The van der Waals surface area contributed by atoms with E-state index in [1.165, 1.54) is 16.9 Å². The molecule has 0 bridgehead atoms. The number of fused-ring (bicyclic) bond motifs is 1. The summed E-state index contributed by atoms with van der Waals surface area (Å²) in [5, 5.41) is 9.44. The van der Waals surface area contributed by atoms with Crippen molar-refractivity contribution in [3.8, 4) is 11.3 Å². The van der Waals surface area contributed by atoms with Crippen LogP contribution in [-0.2, 0) is 6.42 Å². The number of hydrogen-bond acceptors (Lipinski definition) is 3. The lowest BCUT2D eigenvalue weighted by atomic mass is 10.1. The minimum Gasteiger partial charge on any atom is -0.477 e. The van der Waals surface area contributed by atoms with Crippen molar-refractivity contribution in [1.82, 2.24) is 9.38 Å². The zero-order valence-corrected chi connectivity index (χ0v) is 14.6. The van der Waals surface area contributed by atoms with Gasteiger partial charge in [-0.1, -0.05) is 56.4 Å². The first kappa shape index (κ1) is 15.7. The van der Waals surface area contributed by atoms with Crippen molar-refractivity contribution >= 4 is 22.3 Å². The summed E-state index contributed by atoms with van der Waals surface area (Å²) in [7, 11) is 0. The van der Waals surface area contributed by atoms with Gasteiger partial charge >= 0.3 is 5.97 Å². The Balaban J connectivity index is 2.21. The van der Waals surface area contributed by atoms with Crippen LogP contribution in [0, 0.1) is 6.92 Å². The van der Waals surface area contributed by atoms with E-state index in [0.717, 1.165) is 34.0 Å². The highest BCUT2D eigenvalue weighted by molar-refractivity contribution is 7.19. The molecule has 4 nitrogen and oxygen atoms in total. The lowest BCUT2D eigenvalue weighted by Crippen LogP contribution is -2.04. The van der Waals surface area contributed by atoms with Crippen molar-refractivity contribution in [1.29, 1.82) is 0 Å². The normalized spacial score (nSPS) is 11.5. The van der Waals surface area contributed by atoms with Crippen molar-refractivity contribution < 1.29 is 9.90 Å². The molecule has 0 fully saturated rings. The number of nitrogens with zero attached hydrogens (tertiary/aromatic N) is 2. The molecule has 3 rings (SSSR count). The average Bonchev–Trinajstić information content (AvgIpc) is 3.05. The fourth-order valence-corrected chi connectivity index (χ4v) is 4.08. The van der Waals surface area contributed by atoms with Gasteiger partial charge in [0.2, 0.25) is 0 Å². The Hall–Kier alpha value is -2.14. The van der Waals surface area contributed by atoms with E-state index in [4.69, 9.17) is 4.98 Å². The van der Waals surface area contributed by atoms with Crippen LogP contribution in [0.5, 0.6) is 0 Å². The van der Waals surface area contributed by atoms with Gasteiger partial charge in [0.1, 0.15) is 4.88 Å². The summed E-state index contributed by atoms with van der Waals surface area (Å²) < 4.78 is 2.00. The van der Waals surface area contributed by atoms with Crippen LogP contribution in [0.4, 0.5) is 0 Å². The van der Waals surface area contributed by atoms with E-state index in [2.05, 4.69) is 31.2 Å². The second kappa shape index (κ2) is 5.81. The Bertz CT molecular complexity index is 873. The molecule has 2 heterocycles. The number of carbonyl (C=O) groups is 1. The first-order valence-corrected chi connectivity index (χ1v) is 8.60. The van der Waals surface area contributed by atoms with Crippen LogP contribution in [-0.4, -0.2) is 20.5 Å². The summed E-state index contributed by atoms with van der Waals surface area (Å²) in [4.78, 5) is 17.3. The molecule has 0 aliphatic heterocycles. The van der Waals surface area contributed by atoms with Gasteiger partial charge in [-0.2, -0.15) is 0 Å². The van der Waals surface area contributed by atoms with E-state index in [9.17, 15) is 9.90 Å². The van der Waals surface area contributed by atoms with Gasteiger partial charge in [0.05, 0.1) is 11.4 Å². The lowest BCUT2D eigenvalue weighted by Gasteiger charge is -2.08. The first-order valence-electron chi connectivity index (χ1n) is 7.78. The molecule has 0 aliphatic rings. The molecule has 0 radical (unpaired) electrons. The Labute approximate surface area is 139 Å². The van der Waals surface area contributed by atoms with Crippen LogP contribution in [0.2, 0.25) is 0 Å². The third kappa shape index (κ3) is 2.55. The van der Waals surface area contributed by atoms with Gasteiger partial charge in [0, 0.05) is 11.3 Å². The number of carboxylic acid groups (broad SMARTS) is 1. The highest BCUT2D eigenvalue weighted by Gasteiger charge is 2.24. The van der Waals surface area contributed by atoms with Crippen molar-refractivity contribution in [3.05, 3.63) is 46.1 Å². The van der Waals surface area contributed by atoms with Crippen molar-refractivity contribution in [3.63, 3.8) is 0 Å². The topological polar surface area (TPSA) is 54.6 Å². The fraction of sp³-hybridized carbons (Fsp3) is 0.333. The summed E-state index contributed by atoms with van der Waals surface area (Å²) in [5.41, 5.74) is 5.12. The van der Waals surface area contributed by atoms with Gasteiger partial charge in [-0.3, -0.25) is 4.40 Å². The number of aromatic nitrogens is 2. The van der Waals surface area contributed by atoms with Crippen molar-refractivity contribution in [2.75, 3.05) is 0 Å². The molecule has 0 aliphatic carbocycles. The van der Waals surface area contributed by atoms with E-state index < -0.39 is 5.97 Å². The number of aromatic carboxylic acids is 1. The third-order valence-corrected chi connectivity index (χ3v) is 5.16. The maximum Gasteiger partial charge on any atom is 0.347 e. The van der Waals surface area contributed by atoms with Crippen LogP contribution in [0.15, 0.2) is 24.3 Å². The molecule has 0 atom stereocenters. The molecule has 0 spiro atoms. The smallest absolute Gasteiger partial charge is 0.347 e. The van der Waals surface area contributed by atoms with Crippen molar-refractivity contribution in [2.45, 2.75) is 40.0 Å². The number of benzene rings is 1. The molecule has 5 heteroatoms. The molecular weight excluding hydrogens is 308 g/mol. The molecule has 3 aromatic rings. The Morgan fingerprint density at radius 2 is 1.96 bits per heavy atom. The van der Waals surface area contributed by atoms with Crippen LogP contribution < -0.4 is 0 Å². The average molecular weight is 328 g/mol. The van der Waals surface area contributed by atoms with Crippen LogP contribution in [0.25, 0.3) is 16.2 Å². The quantitative estimate of drug-likeness (QED) is 0.751. The van der Waals surface area contributed by atoms with Gasteiger partial charge in [-0.25, -0.2) is 9.78 Å². The molecule has 1 N–H and O–H groups in total. The van der Waals surface area contributed by atoms with Gasteiger partial charge < -0.3 is 5.11 Å². The molecular formula is C18H20N2O2S. The van der Waals surface area contributed by atoms with E-state index >= 15 is 0 Å². The minimum atomic E-state index is -0.877. The molecule has 0 saturated heterocycles. The zero-order chi connectivity index (χ0) is 16.7. The minimum absolute atomic E-state index is 0.123. The number of rotatable bonds is 4. The Morgan fingerprint density at radius 3 is 2.48 bits per heavy atom. The SMILES string of the molecule is CCc1ccc(-c2nc3sc(C(=O)O)c(C(C)C)n3c2C)cc1. The molecule has 0 amide bonds. The number of imidazole rings is 1. The summed E-state index contributed by atoms with van der Waals surface area (Å²) in [6.07, 6.45) is 1.01. The van der Waals surface area contributed by atoms with Crippen LogP contribution in [0.3, 0.4) is 0 Å². The summed E-state index contributed by atoms with van der Waals surface area (Å²) in [6, 6.07) is 8.42. The van der Waals surface area contributed by atoms with Crippen LogP contribution >= 0.6 is 11.3 Å². The highest BCUT2D eigenvalue weighted by Crippen LogP contribution is 2.34. The largest absolute Gasteiger partial charge is 0.477 e. The number of aryl methyl sites for hydroxylation is 2. The molecule has 120 valence electrons. The lowest BCUT2D eigenvalue weighted by molar-refractivity contribution is 0.0700. The number of carboxylic acids is 1. The third-order valence-electron chi connectivity index (χ3n) is 4.12. The van der Waals surface area contributed by atoms with E-state index in [1.807, 2.05) is 25.2 Å². The number of hydrogen-bond donors (Lipinski definition) is 1. The highest BCUT2D eigenvalue weighted by atomic mass is 32.1. The molecule has 0 unspecified atom stereocenters. The maximum absolute atomic E-state index is 11.5. The molecule has 1 aromatic carbocycles. The van der Waals surface area contributed by atoms with Gasteiger partial charge in [0.15, 0.2) is 4.96 Å². The summed E-state index contributed by atoms with van der Waals surface area (Å²) in [6.45, 7) is 8.18. The monoisotopic (exact) mass is 328 g/mol. The van der Waals surface area contributed by atoms with Crippen molar-refractivity contribution in [2.24, 2.45) is 0 Å². The van der Waals surface area contributed by atoms with Gasteiger partial charge in [0.25, 0.3) is 0 Å². The van der Waals surface area contributed by atoms with E-state index in [0.29, 0.717) is 4.88 Å². The van der Waals surface area contributed by atoms with E-state index in [-0.39, 0.29) is 5.92 Å². The predicted octanol–water partition coefficient (Wildman–Crippen LogP) is 4.76. The second-order valence-corrected chi connectivity index (χ2v) is 6.97. The van der Waals surface area contributed by atoms with Crippen LogP contribution in [0.1, 0.15) is 53.3 Å². The molecule has 2 aromatic heterocycles. The Morgan fingerprint density at radius 1 is 1.30 bits per heavy atom.